The lowest BCUT2D eigenvalue weighted by atomic mass is 9.88. The fourth-order valence-corrected chi connectivity index (χ4v) is 4.38. The maximum atomic E-state index is 12.9. The monoisotopic (exact) mass is 373 g/mol. The molecule has 2 aromatic heterocycles. The van der Waals surface area contributed by atoms with Crippen LogP contribution in [0.1, 0.15) is 36.7 Å². The second kappa shape index (κ2) is 5.56. The van der Waals surface area contributed by atoms with E-state index in [0.717, 1.165) is 16.9 Å². The predicted octanol–water partition coefficient (Wildman–Crippen LogP) is 4.00. The standard InChI is InChI=1S/C21H11NO4S/c1-10-6-8-11(9-7-10)19-22-20-15(21(25)26-19)14-16(23)12-4-2-3-5-13(12)17(24)18(14)27-20/h2-9H,1H3. The third kappa shape index (κ3) is 2.23. The number of fused-ring (bicyclic) bond motifs is 4. The molecule has 1 aliphatic rings. The number of aromatic nitrogens is 1. The van der Waals surface area contributed by atoms with Gasteiger partial charge in [0, 0.05) is 16.7 Å². The van der Waals surface area contributed by atoms with Crippen molar-refractivity contribution in [2.24, 2.45) is 0 Å². The van der Waals surface area contributed by atoms with Gasteiger partial charge in [0.05, 0.1) is 10.4 Å². The molecule has 27 heavy (non-hydrogen) atoms. The van der Waals surface area contributed by atoms with Crippen molar-refractivity contribution in [1.82, 2.24) is 4.98 Å². The topological polar surface area (TPSA) is 77.2 Å². The molecule has 0 unspecified atom stereocenters. The highest BCUT2D eigenvalue weighted by Crippen LogP contribution is 2.37. The van der Waals surface area contributed by atoms with Gasteiger partial charge < -0.3 is 4.42 Å². The third-order valence-corrected chi connectivity index (χ3v) is 5.72. The molecular formula is C21H11NO4S. The highest BCUT2D eigenvalue weighted by atomic mass is 32.1. The summed E-state index contributed by atoms with van der Waals surface area (Å²) < 4.78 is 5.39. The summed E-state index contributed by atoms with van der Waals surface area (Å²) in [7, 11) is 0. The first-order chi connectivity index (χ1) is 13.0. The van der Waals surface area contributed by atoms with Crippen LogP contribution in [0.3, 0.4) is 0 Å². The lowest BCUT2D eigenvalue weighted by molar-refractivity contribution is 0.0983. The molecule has 1 aliphatic carbocycles. The Labute approximate surface area is 156 Å². The first kappa shape index (κ1) is 15.8. The number of carbonyl (C=O) groups excluding carboxylic acids is 2. The average molecular weight is 373 g/mol. The number of benzene rings is 2. The molecule has 0 amide bonds. The van der Waals surface area contributed by atoms with Gasteiger partial charge in [-0.2, -0.15) is 0 Å². The maximum absolute atomic E-state index is 12.9. The molecule has 0 aliphatic heterocycles. The first-order valence-corrected chi connectivity index (χ1v) is 9.09. The smallest absolute Gasteiger partial charge is 0.348 e. The highest BCUT2D eigenvalue weighted by Gasteiger charge is 2.35. The lowest BCUT2D eigenvalue weighted by Gasteiger charge is -2.13. The Balaban J connectivity index is 1.78. The van der Waals surface area contributed by atoms with Gasteiger partial charge in [-0.15, -0.1) is 11.3 Å². The van der Waals surface area contributed by atoms with Crippen molar-refractivity contribution in [1.29, 1.82) is 0 Å². The lowest BCUT2D eigenvalue weighted by Crippen LogP contribution is -2.20. The van der Waals surface area contributed by atoms with E-state index in [1.54, 1.807) is 24.3 Å². The van der Waals surface area contributed by atoms with E-state index in [2.05, 4.69) is 4.98 Å². The Kier molecular flexibility index (Phi) is 3.26. The van der Waals surface area contributed by atoms with E-state index in [1.165, 1.54) is 0 Å². The number of rotatable bonds is 1. The van der Waals surface area contributed by atoms with Crippen molar-refractivity contribution < 1.29 is 14.0 Å². The zero-order chi connectivity index (χ0) is 18.7. The molecule has 0 radical (unpaired) electrons. The van der Waals surface area contributed by atoms with E-state index in [-0.39, 0.29) is 33.3 Å². The average Bonchev–Trinajstić information content (AvgIpc) is 3.07. The molecule has 0 N–H and O–H groups in total. The highest BCUT2D eigenvalue weighted by molar-refractivity contribution is 7.21. The molecule has 5 nitrogen and oxygen atoms in total. The summed E-state index contributed by atoms with van der Waals surface area (Å²) >= 11 is 1.06. The van der Waals surface area contributed by atoms with E-state index < -0.39 is 5.63 Å². The van der Waals surface area contributed by atoms with Crippen molar-refractivity contribution in [2.45, 2.75) is 6.92 Å². The summed E-state index contributed by atoms with van der Waals surface area (Å²) in [6.07, 6.45) is 0. The largest absolute Gasteiger partial charge is 0.403 e. The van der Waals surface area contributed by atoms with Crippen LogP contribution >= 0.6 is 11.3 Å². The van der Waals surface area contributed by atoms with Crippen LogP contribution in [0, 0.1) is 6.92 Å². The van der Waals surface area contributed by atoms with Crippen LogP contribution < -0.4 is 5.63 Å². The van der Waals surface area contributed by atoms with E-state index in [0.29, 0.717) is 21.5 Å². The van der Waals surface area contributed by atoms with Gasteiger partial charge in [0.1, 0.15) is 10.2 Å². The molecule has 0 spiro atoms. The summed E-state index contributed by atoms with van der Waals surface area (Å²) in [5, 5.41) is 0.0821. The molecule has 0 fully saturated rings. The van der Waals surface area contributed by atoms with Crippen LogP contribution in [0.15, 0.2) is 57.7 Å². The molecule has 2 aromatic carbocycles. The van der Waals surface area contributed by atoms with Gasteiger partial charge in [-0.25, -0.2) is 9.78 Å². The van der Waals surface area contributed by atoms with Crippen LogP contribution in [0.5, 0.6) is 0 Å². The Morgan fingerprint density at radius 1 is 0.889 bits per heavy atom. The Morgan fingerprint density at radius 2 is 1.56 bits per heavy atom. The Hall–Kier alpha value is -3.38. The number of hydrogen-bond donors (Lipinski definition) is 0. The van der Waals surface area contributed by atoms with Crippen molar-refractivity contribution in [2.75, 3.05) is 0 Å². The van der Waals surface area contributed by atoms with Gasteiger partial charge in [-0.1, -0.05) is 42.0 Å². The molecule has 2 heterocycles. The fourth-order valence-electron chi connectivity index (χ4n) is 3.27. The number of ketones is 2. The summed E-state index contributed by atoms with van der Waals surface area (Å²) in [6, 6.07) is 14.0. The number of carbonyl (C=O) groups is 2. The molecule has 0 bridgehead atoms. The third-order valence-electron chi connectivity index (χ3n) is 4.63. The second-order valence-corrected chi connectivity index (χ2v) is 7.36. The van der Waals surface area contributed by atoms with Crippen LogP contribution in [-0.4, -0.2) is 16.6 Å². The van der Waals surface area contributed by atoms with Crippen LogP contribution in [0.4, 0.5) is 0 Å². The summed E-state index contributed by atoms with van der Waals surface area (Å²) in [6.45, 7) is 1.96. The zero-order valence-electron chi connectivity index (χ0n) is 14.1. The summed E-state index contributed by atoms with van der Waals surface area (Å²) in [4.78, 5) is 43.4. The quantitative estimate of drug-likeness (QED) is 0.444. The Morgan fingerprint density at radius 3 is 2.26 bits per heavy atom. The van der Waals surface area contributed by atoms with E-state index >= 15 is 0 Å². The molecule has 5 rings (SSSR count). The SMILES string of the molecule is Cc1ccc(-c2nc3sc4c(c3c(=O)o2)C(=O)c2ccccc2C4=O)cc1. The molecule has 6 heteroatoms. The van der Waals surface area contributed by atoms with Crippen molar-refractivity contribution in [3.05, 3.63) is 86.1 Å². The van der Waals surface area contributed by atoms with Gasteiger partial charge in [0.25, 0.3) is 0 Å². The zero-order valence-corrected chi connectivity index (χ0v) is 14.9. The van der Waals surface area contributed by atoms with Gasteiger partial charge in [-0.3, -0.25) is 9.59 Å². The number of nitrogens with zero attached hydrogens (tertiary/aromatic N) is 1. The van der Waals surface area contributed by atoms with Crippen molar-refractivity contribution >= 4 is 33.1 Å². The van der Waals surface area contributed by atoms with Crippen molar-refractivity contribution in [3.8, 4) is 11.5 Å². The van der Waals surface area contributed by atoms with E-state index in [9.17, 15) is 14.4 Å². The minimum Gasteiger partial charge on any atom is -0.403 e. The summed E-state index contributed by atoms with van der Waals surface area (Å²) in [5.74, 6) is -0.438. The Bertz CT molecular complexity index is 1330. The van der Waals surface area contributed by atoms with Gasteiger partial charge in [0.2, 0.25) is 11.7 Å². The molecular weight excluding hydrogens is 362 g/mol. The minimum absolute atomic E-state index is 0.0821. The van der Waals surface area contributed by atoms with Gasteiger partial charge in [-0.05, 0) is 19.1 Å². The van der Waals surface area contributed by atoms with Crippen LogP contribution in [-0.2, 0) is 0 Å². The minimum atomic E-state index is -0.659. The number of aryl methyl sites for hydroxylation is 1. The second-order valence-electron chi connectivity index (χ2n) is 6.36. The van der Waals surface area contributed by atoms with Crippen LogP contribution in [0.25, 0.3) is 21.7 Å². The molecule has 0 saturated carbocycles. The predicted molar refractivity (Wildman–Crippen MR) is 102 cm³/mol. The van der Waals surface area contributed by atoms with Gasteiger partial charge >= 0.3 is 5.63 Å². The van der Waals surface area contributed by atoms with Gasteiger partial charge in [0.15, 0.2) is 5.78 Å². The summed E-state index contributed by atoms with van der Waals surface area (Å²) in [5.41, 5.74) is 1.83. The molecule has 130 valence electrons. The normalized spacial score (nSPS) is 12.9. The molecule has 0 saturated heterocycles. The molecule has 4 aromatic rings. The number of thiophene rings is 1. The van der Waals surface area contributed by atoms with E-state index in [4.69, 9.17) is 4.42 Å². The fraction of sp³-hybridized carbons (Fsp3) is 0.0476. The van der Waals surface area contributed by atoms with Crippen LogP contribution in [0.2, 0.25) is 0 Å². The number of hydrogen-bond acceptors (Lipinski definition) is 6. The van der Waals surface area contributed by atoms with Crippen molar-refractivity contribution in [3.63, 3.8) is 0 Å². The first-order valence-electron chi connectivity index (χ1n) is 8.27. The maximum Gasteiger partial charge on any atom is 0.348 e. The van der Waals surface area contributed by atoms with E-state index in [1.807, 2.05) is 31.2 Å². The molecule has 0 atom stereocenters.